The molecule has 2 rings (SSSR count). The van der Waals surface area contributed by atoms with E-state index >= 15 is 0 Å². The highest BCUT2D eigenvalue weighted by Gasteiger charge is 2.21. The van der Waals surface area contributed by atoms with Gasteiger partial charge >= 0.3 is 0 Å². The van der Waals surface area contributed by atoms with Crippen LogP contribution in [0.15, 0.2) is 18.6 Å². The number of quaternary nitrogens is 1. The first-order valence-electron chi connectivity index (χ1n) is 10.6. The normalized spacial score (nSPS) is 19.4. The molecule has 1 fully saturated rings. The van der Waals surface area contributed by atoms with Crippen LogP contribution in [0.5, 0.6) is 0 Å². The van der Waals surface area contributed by atoms with Crippen LogP contribution in [0.25, 0.3) is 0 Å². The predicted molar refractivity (Wildman–Crippen MR) is 109 cm³/mol. The van der Waals surface area contributed by atoms with Crippen molar-refractivity contribution in [2.75, 3.05) is 32.7 Å². The summed E-state index contributed by atoms with van der Waals surface area (Å²) < 4.78 is 0. The van der Waals surface area contributed by atoms with Gasteiger partial charge in [0.2, 0.25) is 5.91 Å². The third-order valence-corrected chi connectivity index (χ3v) is 5.34. The number of carbonyl (C=O) groups is 2. The number of hydrogen-bond donors (Lipinski definition) is 2. The molecule has 1 saturated heterocycles. The van der Waals surface area contributed by atoms with E-state index in [2.05, 4.69) is 36.1 Å². The molecule has 156 valence electrons. The van der Waals surface area contributed by atoms with Crippen LogP contribution < -0.4 is 10.2 Å². The van der Waals surface area contributed by atoms with Gasteiger partial charge in [-0.25, -0.2) is 4.98 Å². The van der Waals surface area contributed by atoms with Crippen molar-refractivity contribution in [2.24, 2.45) is 5.92 Å². The summed E-state index contributed by atoms with van der Waals surface area (Å²) in [4.78, 5) is 36.3. The largest absolute Gasteiger partial charge is 0.356 e. The molecule has 1 aromatic rings. The zero-order chi connectivity index (χ0) is 20.4. The van der Waals surface area contributed by atoms with Gasteiger partial charge in [0.15, 0.2) is 0 Å². The lowest BCUT2D eigenvalue weighted by molar-refractivity contribution is -0.928. The molecule has 0 aliphatic carbocycles. The minimum absolute atomic E-state index is 0.00222. The summed E-state index contributed by atoms with van der Waals surface area (Å²) in [6.45, 7) is 10.5. The summed E-state index contributed by atoms with van der Waals surface area (Å²) in [5.74, 6) is 0.151. The lowest BCUT2D eigenvalue weighted by Crippen LogP contribution is -3.16. The molecule has 0 bridgehead atoms. The maximum absolute atomic E-state index is 12.6. The summed E-state index contributed by atoms with van der Waals surface area (Å²) in [7, 11) is 0. The Labute approximate surface area is 168 Å². The second-order valence-corrected chi connectivity index (χ2v) is 8.24. The fourth-order valence-electron chi connectivity index (χ4n) is 3.78. The summed E-state index contributed by atoms with van der Waals surface area (Å²) in [6, 6.07) is 0.737. The van der Waals surface area contributed by atoms with E-state index in [-0.39, 0.29) is 11.8 Å². The SMILES string of the molecule is CC(C)CN(CCC(=O)NCCC[NH+]1CCCC[C@@H]1C)C(=O)c1cnccn1. The van der Waals surface area contributed by atoms with Gasteiger partial charge in [-0.05, 0) is 32.1 Å². The van der Waals surface area contributed by atoms with E-state index < -0.39 is 0 Å². The first-order valence-corrected chi connectivity index (χ1v) is 10.6. The molecule has 2 amide bonds. The standard InChI is InChI=1S/C21H35N5O2/c1-17(2)16-26(21(28)19-15-22-10-11-23-19)14-8-20(27)24-9-6-13-25-12-5-4-7-18(25)3/h10-11,15,17-18H,4-9,12-14,16H2,1-3H3,(H,24,27)/p+1/t18-/m0/s1. The molecule has 2 heterocycles. The van der Waals surface area contributed by atoms with Gasteiger partial charge in [0.25, 0.3) is 5.91 Å². The number of rotatable bonds is 10. The fraction of sp³-hybridized carbons (Fsp3) is 0.714. The number of hydrogen-bond acceptors (Lipinski definition) is 4. The molecule has 0 aromatic carbocycles. The van der Waals surface area contributed by atoms with Gasteiger partial charge in [-0.3, -0.25) is 14.6 Å². The predicted octanol–water partition coefficient (Wildman–Crippen LogP) is 0.929. The first-order chi connectivity index (χ1) is 13.5. The van der Waals surface area contributed by atoms with Crippen molar-refractivity contribution in [2.45, 2.75) is 58.9 Å². The van der Waals surface area contributed by atoms with Crippen LogP contribution in [-0.2, 0) is 4.79 Å². The lowest BCUT2D eigenvalue weighted by Gasteiger charge is -2.30. The number of carbonyl (C=O) groups excluding carboxylic acids is 2. The molecular weight excluding hydrogens is 354 g/mol. The summed E-state index contributed by atoms with van der Waals surface area (Å²) in [5.41, 5.74) is 0.321. The first kappa shape index (κ1) is 22.3. The van der Waals surface area contributed by atoms with Crippen molar-refractivity contribution in [3.05, 3.63) is 24.3 Å². The van der Waals surface area contributed by atoms with E-state index in [1.165, 1.54) is 38.2 Å². The Kier molecular flexibility index (Phi) is 9.34. The van der Waals surface area contributed by atoms with E-state index in [0.29, 0.717) is 37.7 Å². The third kappa shape index (κ3) is 7.54. The van der Waals surface area contributed by atoms with Crippen LogP contribution >= 0.6 is 0 Å². The zero-order valence-electron chi connectivity index (χ0n) is 17.6. The van der Waals surface area contributed by atoms with Gasteiger partial charge in [0.1, 0.15) is 5.69 Å². The van der Waals surface area contributed by atoms with Crippen LogP contribution in [0.1, 0.15) is 63.4 Å². The Morgan fingerprint density at radius 1 is 1.32 bits per heavy atom. The molecule has 2 atom stereocenters. The maximum atomic E-state index is 12.6. The second kappa shape index (κ2) is 11.7. The Bertz CT molecular complexity index is 608. The minimum atomic E-state index is -0.169. The van der Waals surface area contributed by atoms with Crippen molar-refractivity contribution in [1.29, 1.82) is 0 Å². The molecule has 0 spiro atoms. The highest BCUT2D eigenvalue weighted by atomic mass is 16.2. The van der Waals surface area contributed by atoms with E-state index in [9.17, 15) is 9.59 Å². The number of nitrogens with one attached hydrogen (secondary N) is 2. The smallest absolute Gasteiger partial charge is 0.274 e. The highest BCUT2D eigenvalue weighted by molar-refractivity contribution is 5.92. The number of piperidine rings is 1. The molecule has 7 heteroatoms. The summed E-state index contributed by atoms with van der Waals surface area (Å²) >= 11 is 0. The summed E-state index contributed by atoms with van der Waals surface area (Å²) in [5, 5.41) is 3.01. The Hall–Kier alpha value is -2.02. The molecule has 28 heavy (non-hydrogen) atoms. The quantitative estimate of drug-likeness (QED) is 0.583. The molecule has 0 saturated carbocycles. The molecule has 0 radical (unpaired) electrons. The number of amides is 2. The van der Waals surface area contributed by atoms with Crippen molar-refractivity contribution >= 4 is 11.8 Å². The number of aromatic nitrogens is 2. The maximum Gasteiger partial charge on any atom is 0.274 e. The van der Waals surface area contributed by atoms with Gasteiger partial charge in [-0.1, -0.05) is 13.8 Å². The van der Waals surface area contributed by atoms with Gasteiger partial charge < -0.3 is 15.1 Å². The monoisotopic (exact) mass is 390 g/mol. The molecule has 1 aliphatic rings. The van der Waals surface area contributed by atoms with E-state index in [1.54, 1.807) is 16.0 Å². The number of likely N-dealkylation sites (tertiary alicyclic amines) is 1. The van der Waals surface area contributed by atoms with E-state index in [1.807, 2.05) is 0 Å². The second-order valence-electron chi connectivity index (χ2n) is 8.24. The van der Waals surface area contributed by atoms with Crippen molar-refractivity contribution in [3.8, 4) is 0 Å². The zero-order valence-corrected chi connectivity index (χ0v) is 17.6. The molecule has 7 nitrogen and oxygen atoms in total. The van der Waals surface area contributed by atoms with Crippen molar-refractivity contribution in [3.63, 3.8) is 0 Å². The van der Waals surface area contributed by atoms with Gasteiger partial charge in [0.05, 0.1) is 25.3 Å². The Balaban J connectivity index is 1.72. The topological polar surface area (TPSA) is 79.6 Å². The number of nitrogens with zero attached hydrogens (tertiary/aromatic N) is 3. The summed E-state index contributed by atoms with van der Waals surface area (Å²) in [6.07, 6.45) is 9.82. The molecular formula is C21H36N5O2+. The average Bonchev–Trinajstić information content (AvgIpc) is 2.69. The molecule has 1 aliphatic heterocycles. The van der Waals surface area contributed by atoms with Crippen molar-refractivity contribution < 1.29 is 14.5 Å². The van der Waals surface area contributed by atoms with E-state index in [4.69, 9.17) is 0 Å². The van der Waals surface area contributed by atoms with Crippen molar-refractivity contribution in [1.82, 2.24) is 20.2 Å². The third-order valence-electron chi connectivity index (χ3n) is 5.34. The molecule has 1 unspecified atom stereocenters. The minimum Gasteiger partial charge on any atom is -0.356 e. The highest BCUT2D eigenvalue weighted by Crippen LogP contribution is 2.06. The Morgan fingerprint density at radius 3 is 2.82 bits per heavy atom. The van der Waals surface area contributed by atoms with Gasteiger partial charge in [-0.2, -0.15) is 0 Å². The van der Waals surface area contributed by atoms with Crippen LogP contribution in [0.4, 0.5) is 0 Å². The van der Waals surface area contributed by atoms with Crippen LogP contribution in [0.2, 0.25) is 0 Å². The lowest BCUT2D eigenvalue weighted by atomic mass is 10.0. The van der Waals surface area contributed by atoms with E-state index in [0.717, 1.165) is 19.0 Å². The van der Waals surface area contributed by atoms with Crippen LogP contribution in [0.3, 0.4) is 0 Å². The average molecular weight is 391 g/mol. The molecule has 2 N–H and O–H groups in total. The van der Waals surface area contributed by atoms with Gasteiger partial charge in [0, 0.05) is 44.9 Å². The van der Waals surface area contributed by atoms with Gasteiger partial charge in [-0.15, -0.1) is 0 Å². The molecule has 1 aromatic heterocycles. The fourth-order valence-corrected chi connectivity index (χ4v) is 3.78. The van der Waals surface area contributed by atoms with Crippen LogP contribution in [-0.4, -0.2) is 65.4 Å². The Morgan fingerprint density at radius 2 is 2.14 bits per heavy atom. The van der Waals surface area contributed by atoms with Crippen LogP contribution in [0, 0.1) is 5.92 Å².